The van der Waals surface area contributed by atoms with Crippen molar-refractivity contribution in [1.82, 2.24) is 5.32 Å². The second kappa shape index (κ2) is 4.70. The zero-order valence-electron chi connectivity index (χ0n) is 12.7. The maximum Gasteiger partial charge on any atom is 0.226 e. The van der Waals surface area contributed by atoms with Gasteiger partial charge in [0.1, 0.15) is 0 Å². The minimum atomic E-state index is -0.579. The Bertz CT molecular complexity index is 393. The van der Waals surface area contributed by atoms with Crippen molar-refractivity contribution in [1.29, 1.82) is 0 Å². The molecule has 114 valence electrons. The quantitative estimate of drug-likeness (QED) is 0.729. The maximum atomic E-state index is 12.7. The molecule has 4 fully saturated rings. The Balaban J connectivity index is 1.68. The van der Waals surface area contributed by atoms with Crippen LogP contribution in [0.2, 0.25) is 0 Å². The van der Waals surface area contributed by atoms with Gasteiger partial charge in [0.15, 0.2) is 0 Å². The average Bonchev–Trinajstić information content (AvgIpc) is 2.32. The predicted molar refractivity (Wildman–Crippen MR) is 77.9 cm³/mol. The second-order valence-electron chi connectivity index (χ2n) is 8.17. The van der Waals surface area contributed by atoms with Crippen molar-refractivity contribution < 1.29 is 9.90 Å². The van der Waals surface area contributed by atoms with Crippen LogP contribution in [0.5, 0.6) is 0 Å². The van der Waals surface area contributed by atoms with E-state index in [-0.39, 0.29) is 17.4 Å². The van der Waals surface area contributed by atoms with Gasteiger partial charge in [-0.05, 0) is 62.7 Å². The summed E-state index contributed by atoms with van der Waals surface area (Å²) in [5, 5.41) is 12.4. The van der Waals surface area contributed by atoms with E-state index in [0.29, 0.717) is 12.0 Å². The Morgan fingerprint density at radius 2 is 1.95 bits per heavy atom. The Morgan fingerprint density at radius 3 is 2.45 bits per heavy atom. The summed E-state index contributed by atoms with van der Waals surface area (Å²) >= 11 is 0. The molecule has 0 radical (unpaired) electrons. The number of aliphatic hydroxyl groups excluding tert-OH is 1. The molecular weight excluding hydrogens is 252 g/mol. The molecule has 0 aliphatic heterocycles. The molecule has 0 heterocycles. The van der Waals surface area contributed by atoms with Crippen LogP contribution in [0.3, 0.4) is 0 Å². The highest BCUT2D eigenvalue weighted by atomic mass is 16.3. The molecule has 0 aromatic rings. The number of nitrogens with one attached hydrogen (secondary N) is 1. The van der Waals surface area contributed by atoms with Gasteiger partial charge in [-0.2, -0.15) is 0 Å². The Kier molecular flexibility index (Phi) is 3.37. The monoisotopic (exact) mass is 280 g/mol. The number of nitrogens with two attached hydrogens (primary N) is 1. The molecule has 0 saturated heterocycles. The molecule has 4 bridgehead atoms. The van der Waals surface area contributed by atoms with E-state index in [0.717, 1.165) is 31.1 Å². The summed E-state index contributed by atoms with van der Waals surface area (Å²) in [4.78, 5) is 12.7. The van der Waals surface area contributed by atoms with Gasteiger partial charge >= 0.3 is 0 Å². The summed E-state index contributed by atoms with van der Waals surface area (Å²) in [6, 6.07) is -0.372. The van der Waals surface area contributed by atoms with E-state index in [1.807, 2.05) is 0 Å². The van der Waals surface area contributed by atoms with E-state index >= 15 is 0 Å². The molecule has 4 unspecified atom stereocenters. The predicted octanol–water partition coefficient (Wildman–Crippen LogP) is 1.42. The first-order valence-electron chi connectivity index (χ1n) is 8.04. The molecule has 4 atom stereocenters. The fourth-order valence-corrected chi connectivity index (χ4v) is 5.55. The molecule has 4 N–H and O–H groups in total. The van der Waals surface area contributed by atoms with Crippen molar-refractivity contribution >= 4 is 5.91 Å². The summed E-state index contributed by atoms with van der Waals surface area (Å²) in [7, 11) is 0. The number of aliphatic hydroxyl groups is 1. The van der Waals surface area contributed by atoms with E-state index in [1.165, 1.54) is 19.3 Å². The number of carbonyl (C=O) groups is 1. The number of rotatable bonds is 4. The van der Waals surface area contributed by atoms with Crippen molar-refractivity contribution in [3.63, 3.8) is 0 Å². The van der Waals surface area contributed by atoms with Crippen LogP contribution in [0, 0.1) is 22.7 Å². The average molecular weight is 280 g/mol. The van der Waals surface area contributed by atoms with E-state index in [2.05, 4.69) is 12.2 Å². The molecule has 4 rings (SSSR count). The lowest BCUT2D eigenvalue weighted by Gasteiger charge is -2.60. The van der Waals surface area contributed by atoms with Crippen LogP contribution in [-0.2, 0) is 4.79 Å². The van der Waals surface area contributed by atoms with E-state index in [9.17, 15) is 9.90 Å². The highest BCUT2D eigenvalue weighted by molar-refractivity contribution is 5.83. The van der Waals surface area contributed by atoms with Gasteiger partial charge in [-0.25, -0.2) is 0 Å². The third kappa shape index (κ3) is 2.37. The van der Waals surface area contributed by atoms with Crippen LogP contribution in [0.4, 0.5) is 0 Å². The lowest BCUT2D eigenvalue weighted by Crippen LogP contribution is -2.58. The number of hydrogen-bond donors (Lipinski definition) is 3. The van der Waals surface area contributed by atoms with Crippen LogP contribution >= 0.6 is 0 Å². The fourth-order valence-electron chi connectivity index (χ4n) is 5.55. The van der Waals surface area contributed by atoms with Gasteiger partial charge in [-0.15, -0.1) is 0 Å². The van der Waals surface area contributed by atoms with E-state index < -0.39 is 6.10 Å². The lowest BCUT2D eigenvalue weighted by atomic mass is 9.44. The first-order chi connectivity index (χ1) is 9.32. The molecule has 0 aromatic heterocycles. The number of carbonyl (C=O) groups excluding carboxylic acids is 1. The van der Waals surface area contributed by atoms with Crippen molar-refractivity contribution in [2.24, 2.45) is 28.4 Å². The van der Waals surface area contributed by atoms with Gasteiger partial charge < -0.3 is 16.2 Å². The SMILES string of the molecule is CC(O)C(N)CNC(=O)C12CC3CC(CC(C)(C3)C1)C2. The van der Waals surface area contributed by atoms with Gasteiger partial charge in [0.25, 0.3) is 0 Å². The van der Waals surface area contributed by atoms with Crippen molar-refractivity contribution in [3.05, 3.63) is 0 Å². The maximum absolute atomic E-state index is 12.7. The molecule has 4 aliphatic rings. The summed E-state index contributed by atoms with van der Waals surface area (Å²) in [6.07, 6.45) is 6.55. The zero-order chi connectivity index (χ0) is 14.5. The van der Waals surface area contributed by atoms with Gasteiger partial charge in [0, 0.05) is 12.6 Å². The standard InChI is InChI=1S/C16H28N2O2/c1-10(19)13(17)8-18-14(20)16-6-11-3-12(7-16)5-15(2,4-11)9-16/h10-13,19H,3-9,17H2,1-2H3,(H,18,20). The van der Waals surface area contributed by atoms with E-state index in [1.54, 1.807) is 6.92 Å². The highest BCUT2D eigenvalue weighted by Crippen LogP contribution is 2.65. The first-order valence-corrected chi connectivity index (χ1v) is 8.04. The van der Waals surface area contributed by atoms with Crippen LogP contribution in [-0.4, -0.2) is 29.7 Å². The zero-order valence-corrected chi connectivity index (χ0v) is 12.7. The molecule has 4 heteroatoms. The van der Waals surface area contributed by atoms with E-state index in [4.69, 9.17) is 5.73 Å². The molecular formula is C16H28N2O2. The second-order valence-corrected chi connectivity index (χ2v) is 8.17. The molecule has 4 aliphatic carbocycles. The van der Waals surface area contributed by atoms with Gasteiger partial charge in [0.2, 0.25) is 5.91 Å². The topological polar surface area (TPSA) is 75.3 Å². The molecule has 20 heavy (non-hydrogen) atoms. The van der Waals surface area contributed by atoms with Gasteiger partial charge in [-0.3, -0.25) is 4.79 Å². The van der Waals surface area contributed by atoms with Crippen molar-refractivity contribution in [2.75, 3.05) is 6.54 Å². The first kappa shape index (κ1) is 14.3. The summed E-state index contributed by atoms with van der Waals surface area (Å²) in [5.74, 6) is 1.68. The largest absolute Gasteiger partial charge is 0.392 e. The Hall–Kier alpha value is -0.610. The van der Waals surface area contributed by atoms with Gasteiger partial charge in [0.05, 0.1) is 11.5 Å². The summed E-state index contributed by atoms with van der Waals surface area (Å²) < 4.78 is 0. The van der Waals surface area contributed by atoms with Crippen molar-refractivity contribution in [2.45, 2.75) is 64.5 Å². The smallest absolute Gasteiger partial charge is 0.226 e. The molecule has 0 spiro atoms. The minimum Gasteiger partial charge on any atom is -0.392 e. The normalized spacial score (nSPS) is 45.2. The Morgan fingerprint density at radius 1 is 1.35 bits per heavy atom. The van der Waals surface area contributed by atoms with Gasteiger partial charge in [-0.1, -0.05) is 6.92 Å². The summed E-state index contributed by atoms with van der Waals surface area (Å²) in [6.45, 7) is 4.42. The molecule has 0 aromatic carbocycles. The Labute approximate surface area is 121 Å². The number of hydrogen-bond acceptors (Lipinski definition) is 3. The number of amides is 1. The molecule has 4 saturated carbocycles. The van der Waals surface area contributed by atoms with Crippen LogP contribution < -0.4 is 11.1 Å². The minimum absolute atomic E-state index is 0.142. The third-order valence-electron chi connectivity index (χ3n) is 5.95. The van der Waals surface area contributed by atoms with Crippen LogP contribution in [0.15, 0.2) is 0 Å². The highest BCUT2D eigenvalue weighted by Gasteiger charge is 2.58. The molecule has 1 amide bonds. The van der Waals surface area contributed by atoms with Crippen molar-refractivity contribution in [3.8, 4) is 0 Å². The molecule has 4 nitrogen and oxygen atoms in total. The van der Waals surface area contributed by atoms with Crippen LogP contribution in [0.25, 0.3) is 0 Å². The third-order valence-corrected chi connectivity index (χ3v) is 5.95. The lowest BCUT2D eigenvalue weighted by molar-refractivity contribution is -0.155. The summed E-state index contributed by atoms with van der Waals surface area (Å²) in [5.41, 5.74) is 6.06. The fraction of sp³-hybridized carbons (Fsp3) is 0.938. The van der Waals surface area contributed by atoms with Crippen LogP contribution in [0.1, 0.15) is 52.4 Å².